The predicted molar refractivity (Wildman–Crippen MR) is 104 cm³/mol. The Bertz CT molecular complexity index is 606. The van der Waals surface area contributed by atoms with Gasteiger partial charge in [-0.25, -0.2) is 0 Å². The fraction of sp³-hybridized carbons (Fsp3) is 0.333. The van der Waals surface area contributed by atoms with E-state index < -0.39 is 0 Å². The van der Waals surface area contributed by atoms with Crippen LogP contribution in [0.25, 0.3) is 0 Å². The molecule has 0 amide bonds. The second-order valence-corrected chi connectivity index (χ2v) is 9.62. The Morgan fingerprint density at radius 1 is 0.783 bits per heavy atom. The second-order valence-electron chi connectivity index (χ2n) is 5.93. The van der Waals surface area contributed by atoms with Gasteiger partial charge in [-0.3, -0.25) is 0 Å². The van der Waals surface area contributed by atoms with Crippen LogP contribution < -0.4 is 4.46 Å². The van der Waals surface area contributed by atoms with Gasteiger partial charge in [-0.15, -0.1) is 0 Å². The fourth-order valence-electron chi connectivity index (χ4n) is 2.86. The monoisotopic (exact) mass is 388 g/mol. The van der Waals surface area contributed by atoms with Crippen LogP contribution in [0.3, 0.4) is 0 Å². The molecule has 23 heavy (non-hydrogen) atoms. The zero-order valence-corrected chi connectivity index (χ0v) is 16.0. The average Bonchev–Trinajstić information content (AvgIpc) is 2.70. The third-order valence-corrected chi connectivity index (χ3v) is 8.25. The zero-order valence-electron chi connectivity index (χ0n) is 13.5. The van der Waals surface area contributed by atoms with Gasteiger partial charge in [-0.2, -0.15) is 0 Å². The average molecular weight is 387 g/mol. The summed E-state index contributed by atoms with van der Waals surface area (Å²) in [6.07, 6.45) is 10.7. The first-order valence-electron chi connectivity index (χ1n) is 8.56. The van der Waals surface area contributed by atoms with Crippen molar-refractivity contribution in [3.63, 3.8) is 0 Å². The first-order valence-corrected chi connectivity index (χ1v) is 11.2. The molecule has 3 rings (SSSR count). The molecular formula is C21H24SSe. The van der Waals surface area contributed by atoms with Gasteiger partial charge in [-0.1, -0.05) is 0 Å². The first kappa shape index (κ1) is 16.9. The molecule has 1 unspecified atom stereocenters. The standard InChI is InChI=1S/C21H24SSe/c1-2-10-16-20(22-18-12-6-4-7-13-18)21(17-11-3-1)23-19-14-8-5-9-15-19/h4-9,12-15,17,20H,1-3,10-11,16H2/b21-17+. The molecule has 0 spiro atoms. The minimum absolute atomic E-state index is 0.456. The van der Waals surface area contributed by atoms with Crippen LogP contribution >= 0.6 is 11.8 Å². The van der Waals surface area contributed by atoms with Crippen LogP contribution in [0.15, 0.2) is 76.1 Å². The van der Waals surface area contributed by atoms with Crippen molar-refractivity contribution in [2.75, 3.05) is 0 Å². The van der Waals surface area contributed by atoms with Crippen LogP contribution in [0.4, 0.5) is 0 Å². The van der Waals surface area contributed by atoms with Gasteiger partial charge >= 0.3 is 151 Å². The van der Waals surface area contributed by atoms with E-state index >= 15 is 0 Å². The van der Waals surface area contributed by atoms with Crippen molar-refractivity contribution in [3.8, 4) is 0 Å². The number of hydrogen-bond acceptors (Lipinski definition) is 1. The van der Waals surface area contributed by atoms with Crippen molar-refractivity contribution in [3.05, 3.63) is 71.2 Å². The summed E-state index contributed by atoms with van der Waals surface area (Å²) in [5.41, 5.74) is 0. The Hall–Kier alpha value is -0.951. The molecule has 0 fully saturated rings. The molecule has 1 aliphatic rings. The van der Waals surface area contributed by atoms with E-state index in [1.54, 1.807) is 4.47 Å². The zero-order chi connectivity index (χ0) is 15.7. The van der Waals surface area contributed by atoms with Gasteiger partial charge in [-0.05, 0) is 0 Å². The SMILES string of the molecule is C1=C(/[Se]c2ccccc2)C(Sc2ccccc2)CCCCCC/1. The van der Waals surface area contributed by atoms with E-state index in [1.165, 1.54) is 47.9 Å². The summed E-state index contributed by atoms with van der Waals surface area (Å²) >= 11 is 2.53. The molecule has 0 saturated carbocycles. The first-order chi connectivity index (χ1) is 11.4. The number of thioether (sulfide) groups is 1. The number of hydrogen-bond donors (Lipinski definition) is 0. The molecule has 120 valence electrons. The molecule has 0 radical (unpaired) electrons. The van der Waals surface area contributed by atoms with Crippen LogP contribution in [-0.2, 0) is 0 Å². The Balaban J connectivity index is 1.79. The molecule has 2 heteroatoms. The maximum absolute atomic E-state index is 2.57. The molecular weight excluding hydrogens is 363 g/mol. The minimum atomic E-state index is 0.456. The summed E-state index contributed by atoms with van der Waals surface area (Å²) in [7, 11) is 0. The number of rotatable bonds is 4. The Labute approximate surface area is 150 Å². The van der Waals surface area contributed by atoms with Crippen molar-refractivity contribution in [1.29, 1.82) is 0 Å². The molecule has 0 aromatic heterocycles. The molecule has 2 aromatic carbocycles. The van der Waals surface area contributed by atoms with Crippen molar-refractivity contribution in [2.24, 2.45) is 0 Å². The van der Waals surface area contributed by atoms with E-state index in [2.05, 4.69) is 78.5 Å². The van der Waals surface area contributed by atoms with E-state index in [1.807, 2.05) is 0 Å². The van der Waals surface area contributed by atoms with Crippen LogP contribution in [0.5, 0.6) is 0 Å². The summed E-state index contributed by atoms with van der Waals surface area (Å²) in [5.74, 6) is 0. The van der Waals surface area contributed by atoms with E-state index in [4.69, 9.17) is 0 Å². The molecule has 2 aromatic rings. The molecule has 0 nitrogen and oxygen atoms in total. The molecule has 1 atom stereocenters. The predicted octanol–water partition coefficient (Wildman–Crippen LogP) is 5.42. The molecule has 0 aliphatic heterocycles. The summed E-state index contributed by atoms with van der Waals surface area (Å²) in [5, 5.41) is 0.649. The van der Waals surface area contributed by atoms with Crippen molar-refractivity contribution in [1.82, 2.24) is 0 Å². The Morgan fingerprint density at radius 2 is 1.48 bits per heavy atom. The van der Waals surface area contributed by atoms with Gasteiger partial charge in [0.2, 0.25) is 0 Å². The molecule has 0 saturated heterocycles. The molecule has 0 N–H and O–H groups in total. The molecule has 0 bridgehead atoms. The van der Waals surface area contributed by atoms with Gasteiger partial charge < -0.3 is 0 Å². The summed E-state index contributed by atoms with van der Waals surface area (Å²) < 4.78 is 3.20. The summed E-state index contributed by atoms with van der Waals surface area (Å²) in [4.78, 5) is 1.41. The van der Waals surface area contributed by atoms with Crippen molar-refractivity contribution in [2.45, 2.75) is 48.7 Å². The van der Waals surface area contributed by atoms with E-state index in [0.717, 1.165) is 0 Å². The van der Waals surface area contributed by atoms with Crippen LogP contribution in [0.1, 0.15) is 38.5 Å². The quantitative estimate of drug-likeness (QED) is 0.632. The Morgan fingerprint density at radius 3 is 2.26 bits per heavy atom. The van der Waals surface area contributed by atoms with E-state index in [-0.39, 0.29) is 0 Å². The fourth-order valence-corrected chi connectivity index (χ4v) is 6.68. The molecule has 0 heterocycles. The van der Waals surface area contributed by atoms with Gasteiger partial charge in [0.25, 0.3) is 0 Å². The summed E-state index contributed by atoms with van der Waals surface area (Å²) in [6, 6.07) is 22.0. The third-order valence-electron chi connectivity index (χ3n) is 4.08. The van der Waals surface area contributed by atoms with Crippen LogP contribution in [0, 0.1) is 0 Å². The van der Waals surface area contributed by atoms with Gasteiger partial charge in [0, 0.05) is 0 Å². The third kappa shape index (κ3) is 5.56. The normalized spacial score (nSPS) is 21.6. The number of allylic oxidation sites excluding steroid dienone is 1. The van der Waals surface area contributed by atoms with Gasteiger partial charge in [0.15, 0.2) is 0 Å². The van der Waals surface area contributed by atoms with Crippen molar-refractivity contribution >= 4 is 31.2 Å². The van der Waals surface area contributed by atoms with Crippen molar-refractivity contribution < 1.29 is 0 Å². The van der Waals surface area contributed by atoms with Crippen LogP contribution in [0.2, 0.25) is 0 Å². The van der Waals surface area contributed by atoms with E-state index in [0.29, 0.717) is 20.2 Å². The number of benzene rings is 2. The summed E-state index contributed by atoms with van der Waals surface area (Å²) in [6.45, 7) is 0. The maximum atomic E-state index is 2.57. The topological polar surface area (TPSA) is 0 Å². The van der Waals surface area contributed by atoms with Gasteiger partial charge in [0.05, 0.1) is 0 Å². The Kier molecular flexibility index (Phi) is 6.88. The van der Waals surface area contributed by atoms with Gasteiger partial charge in [0.1, 0.15) is 0 Å². The second kappa shape index (κ2) is 9.37. The van der Waals surface area contributed by atoms with E-state index in [9.17, 15) is 0 Å². The van der Waals surface area contributed by atoms with Crippen LogP contribution in [-0.4, -0.2) is 20.2 Å². The molecule has 1 aliphatic carbocycles.